The van der Waals surface area contributed by atoms with Crippen molar-refractivity contribution in [1.29, 1.82) is 0 Å². The summed E-state index contributed by atoms with van der Waals surface area (Å²) in [4.78, 5) is 0. The van der Waals surface area contributed by atoms with E-state index in [9.17, 15) is 0 Å². The molecule has 1 aromatic rings. The minimum absolute atomic E-state index is 0.602. The van der Waals surface area contributed by atoms with Gasteiger partial charge in [-0.25, -0.2) is 0 Å². The lowest BCUT2D eigenvalue weighted by Gasteiger charge is -2.20. The highest BCUT2D eigenvalue weighted by atomic mass is 31.0. The Balaban J connectivity index is 3.60. The second-order valence-corrected chi connectivity index (χ2v) is 5.43. The molecular weight excluding hydrogens is 206 g/mol. The van der Waals surface area contributed by atoms with Gasteiger partial charge in [-0.2, -0.15) is 0 Å². The predicted molar refractivity (Wildman–Crippen MR) is 73.4 cm³/mol. The molecule has 0 heterocycles. The van der Waals surface area contributed by atoms with E-state index in [0.717, 1.165) is 0 Å². The molecule has 0 N–H and O–H groups in total. The van der Waals surface area contributed by atoms with Crippen LogP contribution < -0.4 is 10.6 Å². The highest BCUT2D eigenvalue weighted by Gasteiger charge is 2.14. The molecule has 0 spiro atoms. The van der Waals surface area contributed by atoms with E-state index in [1.165, 1.54) is 32.9 Å². The summed E-state index contributed by atoms with van der Waals surface area (Å²) < 4.78 is 0. The zero-order chi connectivity index (χ0) is 11.0. The first-order valence-corrected chi connectivity index (χ1v) is 6.18. The fourth-order valence-corrected chi connectivity index (χ4v) is 3.22. The molecule has 2 heteroatoms. The number of hydrogen-bond acceptors (Lipinski definition) is 0. The molecule has 0 amide bonds. The number of benzene rings is 1. The third-order valence-electron chi connectivity index (χ3n) is 3.05. The Morgan fingerprint density at radius 1 is 0.786 bits per heavy atom. The first-order chi connectivity index (χ1) is 6.37. The van der Waals surface area contributed by atoms with Gasteiger partial charge in [0.05, 0.1) is 0 Å². The zero-order valence-electron chi connectivity index (χ0n) is 9.73. The highest BCUT2D eigenvalue weighted by molar-refractivity contribution is 7.30. The van der Waals surface area contributed by atoms with E-state index in [-0.39, 0.29) is 0 Å². The summed E-state index contributed by atoms with van der Waals surface area (Å²) in [7, 11) is 5.75. The molecule has 14 heavy (non-hydrogen) atoms. The topological polar surface area (TPSA) is 0 Å². The quantitative estimate of drug-likeness (QED) is 0.646. The number of rotatable bonds is 1. The predicted octanol–water partition coefficient (Wildman–Crippen LogP) is 2.74. The molecule has 2 unspecified atom stereocenters. The fraction of sp³-hybridized carbons (Fsp3) is 0.500. The molecule has 1 aromatic carbocycles. The van der Waals surface area contributed by atoms with E-state index < -0.39 is 0 Å². The Labute approximate surface area is 92.3 Å². The van der Waals surface area contributed by atoms with Gasteiger partial charge in [-0.3, -0.25) is 0 Å². The van der Waals surface area contributed by atoms with Gasteiger partial charge in [0.1, 0.15) is 0 Å². The van der Waals surface area contributed by atoms with Crippen LogP contribution in [0.3, 0.4) is 0 Å². The van der Waals surface area contributed by atoms with Gasteiger partial charge in [0.25, 0.3) is 0 Å². The lowest BCUT2D eigenvalue weighted by atomic mass is 9.92. The maximum Gasteiger partial charge on any atom is -0.0210 e. The summed E-state index contributed by atoms with van der Waals surface area (Å²) in [5.74, 6) is 0.602. The maximum atomic E-state index is 2.89. The SMILES string of the molecule is Cc1c(C)c(C(C)C)c(P)c(C)c1P. The molecule has 0 saturated carbocycles. The van der Waals surface area contributed by atoms with Crippen molar-refractivity contribution in [3.05, 3.63) is 22.3 Å². The highest BCUT2D eigenvalue weighted by Crippen LogP contribution is 2.23. The van der Waals surface area contributed by atoms with Crippen LogP contribution in [-0.2, 0) is 0 Å². The Hall–Kier alpha value is 0.0800. The summed E-state index contributed by atoms with van der Waals surface area (Å²) in [6, 6.07) is 0. The Kier molecular flexibility index (Phi) is 3.73. The molecule has 0 radical (unpaired) electrons. The van der Waals surface area contributed by atoms with Crippen LogP contribution in [0.1, 0.15) is 42.0 Å². The largest absolute Gasteiger partial charge is 0.105 e. The van der Waals surface area contributed by atoms with Gasteiger partial charge >= 0.3 is 0 Å². The Morgan fingerprint density at radius 2 is 1.29 bits per heavy atom. The van der Waals surface area contributed by atoms with Crippen molar-refractivity contribution >= 4 is 29.1 Å². The van der Waals surface area contributed by atoms with Gasteiger partial charge in [0, 0.05) is 0 Å². The van der Waals surface area contributed by atoms with Gasteiger partial charge < -0.3 is 0 Å². The summed E-state index contributed by atoms with van der Waals surface area (Å²) in [6.45, 7) is 11.2. The van der Waals surface area contributed by atoms with E-state index in [4.69, 9.17) is 0 Å². The van der Waals surface area contributed by atoms with Gasteiger partial charge in [0.15, 0.2) is 0 Å². The minimum atomic E-state index is 0.602. The fourth-order valence-electron chi connectivity index (χ4n) is 1.98. The third-order valence-corrected chi connectivity index (χ3v) is 4.66. The van der Waals surface area contributed by atoms with Crippen molar-refractivity contribution in [2.75, 3.05) is 0 Å². The van der Waals surface area contributed by atoms with Gasteiger partial charge in [-0.15, -0.1) is 18.5 Å². The second-order valence-electron chi connectivity index (χ2n) is 4.27. The molecule has 78 valence electrons. The van der Waals surface area contributed by atoms with Gasteiger partial charge in [0.2, 0.25) is 0 Å². The van der Waals surface area contributed by atoms with Crippen molar-refractivity contribution in [3.63, 3.8) is 0 Å². The van der Waals surface area contributed by atoms with Crippen LogP contribution in [0.4, 0.5) is 0 Å². The molecule has 1 rings (SSSR count). The summed E-state index contributed by atoms with van der Waals surface area (Å²) >= 11 is 0. The molecular formula is C12H20P2. The van der Waals surface area contributed by atoms with E-state index in [0.29, 0.717) is 5.92 Å². The van der Waals surface area contributed by atoms with Crippen LogP contribution in [0, 0.1) is 20.8 Å². The van der Waals surface area contributed by atoms with E-state index in [1.54, 1.807) is 0 Å². The van der Waals surface area contributed by atoms with E-state index >= 15 is 0 Å². The normalized spacial score (nSPS) is 11.1. The summed E-state index contributed by atoms with van der Waals surface area (Å²) in [5.41, 5.74) is 5.76. The number of hydrogen-bond donors (Lipinski definition) is 0. The standard InChI is InChI=1S/C12H20P2/c1-6(2)10-7(3)8(4)11(13)9(5)12(10)14/h6H,13-14H2,1-5H3. The van der Waals surface area contributed by atoms with E-state index in [2.05, 4.69) is 53.1 Å². The van der Waals surface area contributed by atoms with Crippen LogP contribution >= 0.6 is 18.5 Å². The lowest BCUT2D eigenvalue weighted by Crippen LogP contribution is -2.20. The maximum absolute atomic E-state index is 2.89. The molecule has 2 atom stereocenters. The molecule has 0 fully saturated rings. The van der Waals surface area contributed by atoms with Crippen molar-refractivity contribution in [3.8, 4) is 0 Å². The van der Waals surface area contributed by atoms with Gasteiger partial charge in [-0.05, 0) is 59.6 Å². The lowest BCUT2D eigenvalue weighted by molar-refractivity contribution is 0.861. The summed E-state index contributed by atoms with van der Waals surface area (Å²) in [6.07, 6.45) is 0. The smallest absolute Gasteiger partial charge is 0.0210 e. The van der Waals surface area contributed by atoms with Crippen molar-refractivity contribution < 1.29 is 0 Å². The second kappa shape index (κ2) is 4.30. The van der Waals surface area contributed by atoms with Crippen LogP contribution in [0.15, 0.2) is 0 Å². The Bertz CT molecular complexity index is 336. The molecule has 0 bridgehead atoms. The van der Waals surface area contributed by atoms with Crippen molar-refractivity contribution in [2.45, 2.75) is 40.5 Å². The van der Waals surface area contributed by atoms with Crippen molar-refractivity contribution in [2.24, 2.45) is 0 Å². The van der Waals surface area contributed by atoms with Crippen LogP contribution in [0.25, 0.3) is 0 Å². The first-order valence-electron chi connectivity index (χ1n) is 5.02. The molecule has 0 aliphatic heterocycles. The van der Waals surface area contributed by atoms with Gasteiger partial charge in [-0.1, -0.05) is 13.8 Å². The summed E-state index contributed by atoms with van der Waals surface area (Å²) in [5, 5.41) is 2.74. The minimum Gasteiger partial charge on any atom is -0.105 e. The molecule has 0 aliphatic rings. The molecule has 0 aromatic heterocycles. The van der Waals surface area contributed by atoms with Crippen molar-refractivity contribution in [1.82, 2.24) is 0 Å². The average molecular weight is 226 g/mol. The van der Waals surface area contributed by atoms with Crippen LogP contribution in [0.2, 0.25) is 0 Å². The van der Waals surface area contributed by atoms with Crippen LogP contribution in [0.5, 0.6) is 0 Å². The molecule has 0 saturated heterocycles. The molecule has 0 aliphatic carbocycles. The third kappa shape index (κ3) is 1.88. The van der Waals surface area contributed by atoms with Crippen LogP contribution in [-0.4, -0.2) is 0 Å². The molecule has 0 nitrogen and oxygen atoms in total. The average Bonchev–Trinajstić information content (AvgIpc) is 2.11. The first kappa shape index (κ1) is 12.2. The monoisotopic (exact) mass is 226 g/mol. The Morgan fingerprint density at radius 3 is 1.71 bits per heavy atom. The zero-order valence-corrected chi connectivity index (χ0v) is 12.0. The van der Waals surface area contributed by atoms with E-state index in [1.807, 2.05) is 0 Å².